The Labute approximate surface area is 115 Å². The molecule has 0 aliphatic carbocycles. The number of ether oxygens (including phenoxy) is 1. The van der Waals surface area contributed by atoms with Crippen molar-refractivity contribution in [2.75, 3.05) is 6.61 Å². The average molecular weight is 355 g/mol. The van der Waals surface area contributed by atoms with E-state index in [1.54, 1.807) is 0 Å². The van der Waals surface area contributed by atoms with Crippen LogP contribution in [0.15, 0.2) is 15.8 Å². The van der Waals surface area contributed by atoms with Gasteiger partial charge in [0.25, 0.3) is 0 Å². The minimum atomic E-state index is -3.59. The monoisotopic (exact) mass is 356 g/mol. The number of rotatable bonds is 3. The zero-order valence-corrected chi connectivity index (χ0v) is 11.6. The molecule has 0 saturated carbocycles. The molecular formula is C9H12N2O8Se. The van der Waals surface area contributed by atoms with E-state index in [0.717, 1.165) is 6.20 Å². The van der Waals surface area contributed by atoms with Gasteiger partial charge in [-0.1, -0.05) is 0 Å². The van der Waals surface area contributed by atoms with Crippen LogP contribution in [-0.2, 0) is 8.57 Å². The SMILES string of the molecule is O=c1[nH]c(=O)n([C@@H]2O[C@H](CO)[C@@H](O)[C@H]2O)cc1[Se](=O)O. The number of nitrogens with one attached hydrogen (secondary N) is 1. The van der Waals surface area contributed by atoms with Crippen LogP contribution < -0.4 is 15.7 Å². The first kappa shape index (κ1) is 15.2. The molecule has 0 amide bonds. The topological polar surface area (TPSA) is 162 Å². The molecule has 0 spiro atoms. The van der Waals surface area contributed by atoms with Crippen LogP contribution in [0, 0.1) is 0 Å². The van der Waals surface area contributed by atoms with E-state index in [4.69, 9.17) is 14.0 Å². The summed E-state index contributed by atoms with van der Waals surface area (Å²) in [5.74, 6) is 0. The zero-order chi connectivity index (χ0) is 15.0. The number of nitrogens with zero attached hydrogens (tertiary/aromatic N) is 1. The predicted octanol–water partition coefficient (Wildman–Crippen LogP) is -4.73. The Hall–Kier alpha value is -1.20. The van der Waals surface area contributed by atoms with Gasteiger partial charge in [0.05, 0.1) is 0 Å². The Bertz CT molecular complexity index is 640. The quantitative estimate of drug-likeness (QED) is 0.338. The van der Waals surface area contributed by atoms with Gasteiger partial charge in [0.2, 0.25) is 0 Å². The summed E-state index contributed by atoms with van der Waals surface area (Å²) in [6.07, 6.45) is -4.65. The van der Waals surface area contributed by atoms with Gasteiger partial charge in [-0.05, 0) is 0 Å². The van der Waals surface area contributed by atoms with Gasteiger partial charge in [-0.3, -0.25) is 0 Å². The van der Waals surface area contributed by atoms with Crippen molar-refractivity contribution in [2.45, 2.75) is 24.5 Å². The van der Waals surface area contributed by atoms with E-state index in [1.807, 2.05) is 4.98 Å². The van der Waals surface area contributed by atoms with E-state index in [1.165, 1.54) is 0 Å². The van der Waals surface area contributed by atoms with E-state index >= 15 is 0 Å². The van der Waals surface area contributed by atoms with Gasteiger partial charge in [-0.25, -0.2) is 0 Å². The van der Waals surface area contributed by atoms with E-state index in [-0.39, 0.29) is 0 Å². The van der Waals surface area contributed by atoms with Crippen LogP contribution in [0.3, 0.4) is 0 Å². The van der Waals surface area contributed by atoms with Crippen LogP contribution in [0.1, 0.15) is 6.23 Å². The number of aromatic amines is 1. The van der Waals surface area contributed by atoms with Crippen molar-refractivity contribution in [3.63, 3.8) is 0 Å². The number of hydrogen-bond acceptors (Lipinski definition) is 7. The van der Waals surface area contributed by atoms with Crippen molar-refractivity contribution in [2.24, 2.45) is 0 Å². The summed E-state index contributed by atoms with van der Waals surface area (Å²) >= 11 is -3.59. The molecule has 11 heteroatoms. The first-order valence-corrected chi connectivity index (χ1v) is 7.77. The van der Waals surface area contributed by atoms with Crippen LogP contribution in [0.5, 0.6) is 0 Å². The molecule has 10 nitrogen and oxygen atoms in total. The van der Waals surface area contributed by atoms with E-state index in [2.05, 4.69) is 0 Å². The third-order valence-corrected chi connectivity index (χ3v) is 4.31. The van der Waals surface area contributed by atoms with Crippen LogP contribution in [-0.4, -0.2) is 68.1 Å². The third kappa shape index (κ3) is 2.52. The van der Waals surface area contributed by atoms with Crippen molar-refractivity contribution in [3.05, 3.63) is 27.0 Å². The van der Waals surface area contributed by atoms with Crippen LogP contribution >= 0.6 is 0 Å². The summed E-state index contributed by atoms with van der Waals surface area (Å²) < 4.78 is 25.4. The number of aliphatic hydroxyl groups excluding tert-OH is 3. The molecule has 0 bridgehead atoms. The van der Waals surface area contributed by atoms with E-state index in [9.17, 15) is 23.6 Å². The predicted molar refractivity (Wildman–Crippen MR) is 62.6 cm³/mol. The number of aromatic nitrogens is 2. The summed E-state index contributed by atoms with van der Waals surface area (Å²) in [5.41, 5.74) is -1.97. The maximum atomic E-state index is 11.7. The molecule has 112 valence electrons. The molecule has 0 radical (unpaired) electrons. The van der Waals surface area contributed by atoms with Crippen molar-refractivity contribution < 1.29 is 28.1 Å². The Balaban J connectivity index is 2.48. The molecule has 5 atom stereocenters. The van der Waals surface area contributed by atoms with Crippen LogP contribution in [0.25, 0.3) is 0 Å². The summed E-state index contributed by atoms with van der Waals surface area (Å²) in [7, 11) is 0. The summed E-state index contributed by atoms with van der Waals surface area (Å²) in [4.78, 5) is 24.8. The molecule has 0 aromatic carbocycles. The van der Waals surface area contributed by atoms with E-state index < -0.39 is 61.0 Å². The average Bonchev–Trinajstić information content (AvgIpc) is 2.66. The maximum absolute atomic E-state index is 11.7. The second kappa shape index (κ2) is 5.66. The number of hydrogen-bond donors (Lipinski definition) is 5. The van der Waals surface area contributed by atoms with Crippen LogP contribution in [0.4, 0.5) is 0 Å². The number of H-pyrrole nitrogens is 1. The van der Waals surface area contributed by atoms with Crippen molar-refractivity contribution in [3.8, 4) is 0 Å². The van der Waals surface area contributed by atoms with Gasteiger partial charge in [0.15, 0.2) is 0 Å². The van der Waals surface area contributed by atoms with Crippen molar-refractivity contribution in [1.82, 2.24) is 9.55 Å². The van der Waals surface area contributed by atoms with Gasteiger partial charge in [-0.2, -0.15) is 0 Å². The summed E-state index contributed by atoms with van der Waals surface area (Å²) in [5, 5.41) is 28.3. The Morgan fingerprint density at radius 3 is 2.50 bits per heavy atom. The molecular weight excluding hydrogens is 343 g/mol. The fourth-order valence-electron chi connectivity index (χ4n) is 1.89. The second-order valence-electron chi connectivity index (χ2n) is 4.14. The first-order chi connectivity index (χ1) is 9.36. The van der Waals surface area contributed by atoms with Crippen LogP contribution in [0.2, 0.25) is 0 Å². The molecule has 1 unspecified atom stereocenters. The van der Waals surface area contributed by atoms with Gasteiger partial charge in [0.1, 0.15) is 0 Å². The molecule has 1 aliphatic heterocycles. The van der Waals surface area contributed by atoms with E-state index in [0.29, 0.717) is 4.57 Å². The molecule has 20 heavy (non-hydrogen) atoms. The fraction of sp³-hybridized carbons (Fsp3) is 0.556. The standard InChI is InChI=1S/C9H12N2O8Se/c12-2-3-5(13)6(14)8(19-3)11-1-4(20(17)18)7(15)10-9(11)16/h1,3,5-6,8,12-14H,2H2,(H,17,18)(H,10,15,16)/t3-,5-,6-,8-/m1/s1. The Kier molecular flexibility index (Phi) is 4.30. The van der Waals surface area contributed by atoms with Gasteiger partial charge in [-0.15, -0.1) is 0 Å². The molecule has 1 aromatic heterocycles. The molecule has 5 N–H and O–H groups in total. The molecule has 1 saturated heterocycles. The van der Waals surface area contributed by atoms with Crippen molar-refractivity contribution in [1.29, 1.82) is 0 Å². The molecule has 2 heterocycles. The summed E-state index contributed by atoms with van der Waals surface area (Å²) in [6, 6.07) is 0. The molecule has 1 aliphatic rings. The first-order valence-electron chi connectivity index (χ1n) is 5.45. The van der Waals surface area contributed by atoms with Gasteiger partial charge < -0.3 is 0 Å². The van der Waals surface area contributed by atoms with Crippen molar-refractivity contribution >= 4 is 18.6 Å². The number of aliphatic hydroxyl groups is 3. The second-order valence-corrected chi connectivity index (χ2v) is 6.11. The Morgan fingerprint density at radius 2 is 2.00 bits per heavy atom. The van der Waals surface area contributed by atoms with Gasteiger partial charge in [0, 0.05) is 0 Å². The zero-order valence-electron chi connectivity index (χ0n) is 9.87. The van der Waals surface area contributed by atoms with Gasteiger partial charge >= 0.3 is 114 Å². The summed E-state index contributed by atoms with van der Waals surface area (Å²) in [6.45, 7) is -0.586. The normalized spacial score (nSPS) is 31.4. The molecule has 1 aromatic rings. The Morgan fingerprint density at radius 1 is 1.35 bits per heavy atom. The molecule has 2 rings (SSSR count). The third-order valence-electron chi connectivity index (χ3n) is 2.91. The fourth-order valence-corrected chi connectivity index (χ4v) is 2.76. The minimum absolute atomic E-state index is 0.512. The molecule has 1 fully saturated rings.